The molecule has 0 aliphatic carbocycles. The molecule has 9 nitrogen and oxygen atoms in total. The molecule has 0 radical (unpaired) electrons. The number of fused-ring (bicyclic) bond motifs is 3. The second kappa shape index (κ2) is 17.4. The lowest BCUT2D eigenvalue weighted by molar-refractivity contribution is -0.150. The molecule has 10 heteroatoms. The predicted molar refractivity (Wildman–Crippen MR) is 222 cm³/mol. The first-order valence-electron chi connectivity index (χ1n) is 19.5. The van der Waals surface area contributed by atoms with Crippen molar-refractivity contribution in [2.24, 2.45) is 11.3 Å². The van der Waals surface area contributed by atoms with Crippen molar-refractivity contribution in [1.82, 2.24) is 9.88 Å². The van der Waals surface area contributed by atoms with Crippen LogP contribution >= 0.6 is 11.6 Å². The maximum Gasteiger partial charge on any atom is 0.311 e. The van der Waals surface area contributed by atoms with Gasteiger partial charge < -0.3 is 24.4 Å². The maximum absolute atomic E-state index is 11.9. The molecular weight excluding hydrogens is 738 g/mol. The summed E-state index contributed by atoms with van der Waals surface area (Å²) in [7, 11) is 0. The van der Waals surface area contributed by atoms with Gasteiger partial charge in [-0.05, 0) is 140 Å². The van der Waals surface area contributed by atoms with Crippen LogP contribution in [0.2, 0.25) is 5.02 Å². The van der Waals surface area contributed by atoms with Crippen LogP contribution in [0.4, 0.5) is 5.69 Å². The normalized spacial score (nSPS) is 18.4. The molecule has 0 spiro atoms. The summed E-state index contributed by atoms with van der Waals surface area (Å²) in [6.45, 7) is 16.4. The minimum Gasteiger partial charge on any atom is -0.489 e. The molecule has 2 atom stereocenters. The Bertz CT molecular complexity index is 2280. The van der Waals surface area contributed by atoms with Crippen molar-refractivity contribution in [1.29, 1.82) is 0 Å². The summed E-state index contributed by atoms with van der Waals surface area (Å²) >= 11 is 6.81. The smallest absolute Gasteiger partial charge is 0.311 e. The van der Waals surface area contributed by atoms with Crippen LogP contribution in [0.5, 0.6) is 17.2 Å². The molecule has 1 aromatic heterocycles. The third kappa shape index (κ3) is 8.94. The van der Waals surface area contributed by atoms with E-state index in [-0.39, 0.29) is 32.2 Å². The molecular formula is C47H48ClN3O6. The van der Waals surface area contributed by atoms with E-state index in [0.717, 1.165) is 40.1 Å². The van der Waals surface area contributed by atoms with Crippen molar-refractivity contribution in [3.8, 4) is 39.5 Å². The SMILES string of the molecule is [C-]#[N+]c1cncc(COc2cc(OCc3cccc(-c4cccc(-c5ccc(OC6CN7CCC6CC7)cc5)c4C)c3C)c(Cl)cc2CC[C@](C)(CO)C(=O)O)c1. The number of pyridine rings is 1. The Morgan fingerprint density at radius 2 is 1.61 bits per heavy atom. The van der Waals surface area contributed by atoms with Crippen LogP contribution in [0.15, 0.2) is 91.3 Å². The summed E-state index contributed by atoms with van der Waals surface area (Å²) in [6.07, 6.45) is 6.28. The number of carboxylic acid groups (broad SMARTS) is 1. The zero-order chi connectivity index (χ0) is 40.1. The Morgan fingerprint density at radius 3 is 2.30 bits per heavy atom. The van der Waals surface area contributed by atoms with Crippen molar-refractivity contribution < 1.29 is 29.2 Å². The average molecular weight is 786 g/mol. The first-order valence-corrected chi connectivity index (χ1v) is 19.8. The molecule has 0 amide bonds. The number of ether oxygens (including phenoxy) is 3. The summed E-state index contributed by atoms with van der Waals surface area (Å²) in [5.74, 6) is 1.37. The van der Waals surface area contributed by atoms with Gasteiger partial charge in [-0.1, -0.05) is 60.1 Å². The van der Waals surface area contributed by atoms with E-state index >= 15 is 0 Å². The third-order valence-corrected chi connectivity index (χ3v) is 12.0. The number of benzene rings is 4. The number of aromatic nitrogens is 1. The Labute approximate surface area is 339 Å². The fraction of sp³-hybridized carbons (Fsp3) is 0.340. The van der Waals surface area contributed by atoms with E-state index in [0.29, 0.717) is 39.3 Å². The molecule has 5 aromatic rings. The molecule has 2 N–H and O–H groups in total. The second-order valence-corrected chi connectivity index (χ2v) is 15.9. The lowest BCUT2D eigenvalue weighted by Crippen LogP contribution is -2.52. The van der Waals surface area contributed by atoms with Crippen LogP contribution in [0.1, 0.15) is 54.0 Å². The molecule has 1 unspecified atom stereocenters. The zero-order valence-corrected chi connectivity index (χ0v) is 33.4. The van der Waals surface area contributed by atoms with Crippen LogP contribution in [0.25, 0.3) is 27.1 Å². The first-order chi connectivity index (χ1) is 27.5. The Hall–Kier alpha value is -5.40. The van der Waals surface area contributed by atoms with E-state index in [1.807, 2.05) is 12.1 Å². The Kier molecular flexibility index (Phi) is 12.2. The molecule has 8 rings (SSSR count). The van der Waals surface area contributed by atoms with Crippen molar-refractivity contribution in [2.75, 3.05) is 26.2 Å². The number of aryl methyl sites for hydroxylation is 1. The maximum atomic E-state index is 11.9. The number of aliphatic hydroxyl groups excluding tert-OH is 1. The fourth-order valence-corrected chi connectivity index (χ4v) is 8.16. The lowest BCUT2D eigenvalue weighted by atomic mass is 9.85. The summed E-state index contributed by atoms with van der Waals surface area (Å²) in [5, 5.41) is 20.0. The molecule has 4 aromatic carbocycles. The second-order valence-electron chi connectivity index (χ2n) is 15.5. The van der Waals surface area contributed by atoms with Gasteiger partial charge in [0.25, 0.3) is 0 Å². The standard InChI is InChI=1S/C47H48ClN3O6/c1-30-36(28-56-44-23-43(55-27-32-21-37(49-4)25-50-24-32)35(22-42(44)48)15-18-47(3,29-52)46(53)54)7-5-9-40(30)41-10-6-8-39(31(41)2)33-11-13-38(14-12-33)57-45-26-51-19-16-34(45)17-20-51/h5-14,21-25,34,45,52H,15-20,26-29H2,1-3H3,(H,53,54)/t45?,47-/m1/s1. The van der Waals surface area contributed by atoms with Gasteiger partial charge in [0.1, 0.15) is 36.6 Å². The molecule has 294 valence electrons. The molecule has 3 saturated heterocycles. The van der Waals surface area contributed by atoms with Crippen LogP contribution < -0.4 is 14.2 Å². The molecule has 0 saturated carbocycles. The predicted octanol–water partition coefficient (Wildman–Crippen LogP) is 9.88. The van der Waals surface area contributed by atoms with Gasteiger partial charge in [0, 0.05) is 25.0 Å². The van der Waals surface area contributed by atoms with Crippen LogP contribution in [0.3, 0.4) is 0 Å². The summed E-state index contributed by atoms with van der Waals surface area (Å²) in [6, 6.07) is 26.3. The number of hydrogen-bond donors (Lipinski definition) is 2. The topological polar surface area (TPSA) is 106 Å². The van der Waals surface area contributed by atoms with Crippen molar-refractivity contribution in [2.45, 2.75) is 65.8 Å². The number of nitrogens with zero attached hydrogens (tertiary/aromatic N) is 3. The third-order valence-electron chi connectivity index (χ3n) is 11.7. The molecule has 3 aliphatic rings. The van der Waals surface area contributed by atoms with E-state index in [9.17, 15) is 15.0 Å². The molecule has 2 bridgehead atoms. The monoisotopic (exact) mass is 785 g/mol. The van der Waals surface area contributed by atoms with Gasteiger partial charge in [0.2, 0.25) is 5.69 Å². The Morgan fingerprint density at radius 1 is 0.912 bits per heavy atom. The minimum atomic E-state index is -1.33. The van der Waals surface area contributed by atoms with Gasteiger partial charge in [0.05, 0.1) is 23.6 Å². The first kappa shape index (κ1) is 39.8. The lowest BCUT2D eigenvalue weighted by Gasteiger charge is -2.44. The number of piperidine rings is 3. The average Bonchev–Trinajstić information content (AvgIpc) is 3.23. The van der Waals surface area contributed by atoms with Gasteiger partial charge in [-0.2, -0.15) is 0 Å². The molecule has 3 fully saturated rings. The number of carbonyl (C=O) groups is 1. The van der Waals surface area contributed by atoms with Gasteiger partial charge in [0.15, 0.2) is 0 Å². The van der Waals surface area contributed by atoms with Crippen molar-refractivity contribution in [3.63, 3.8) is 0 Å². The van der Waals surface area contributed by atoms with Crippen LogP contribution in [0, 0.1) is 31.8 Å². The highest BCUT2D eigenvalue weighted by atomic mass is 35.5. The van der Waals surface area contributed by atoms with E-state index in [1.165, 1.54) is 50.2 Å². The molecule has 4 heterocycles. The highest BCUT2D eigenvalue weighted by molar-refractivity contribution is 6.32. The van der Waals surface area contributed by atoms with Gasteiger partial charge >= 0.3 is 5.97 Å². The van der Waals surface area contributed by atoms with Crippen LogP contribution in [-0.4, -0.2) is 58.4 Å². The van der Waals surface area contributed by atoms with Gasteiger partial charge in [-0.15, -0.1) is 0 Å². The highest BCUT2D eigenvalue weighted by Crippen LogP contribution is 2.39. The van der Waals surface area contributed by atoms with Gasteiger partial charge in [-0.25, -0.2) is 4.85 Å². The highest BCUT2D eigenvalue weighted by Gasteiger charge is 2.35. The summed E-state index contributed by atoms with van der Waals surface area (Å²) in [4.78, 5) is 22.0. The number of aliphatic hydroxyl groups is 1. The fourth-order valence-electron chi connectivity index (χ4n) is 7.91. The van der Waals surface area contributed by atoms with Crippen molar-refractivity contribution in [3.05, 3.63) is 136 Å². The Balaban J connectivity index is 1.09. The van der Waals surface area contributed by atoms with E-state index in [2.05, 4.69) is 77.1 Å². The number of aliphatic carboxylic acids is 1. The number of carboxylic acids is 1. The summed E-state index contributed by atoms with van der Waals surface area (Å²) < 4.78 is 19.1. The van der Waals surface area contributed by atoms with Crippen molar-refractivity contribution >= 4 is 23.3 Å². The van der Waals surface area contributed by atoms with Gasteiger partial charge in [-0.3, -0.25) is 14.7 Å². The van der Waals surface area contributed by atoms with E-state index in [1.54, 1.807) is 24.4 Å². The van der Waals surface area contributed by atoms with E-state index in [4.69, 9.17) is 32.4 Å². The minimum absolute atomic E-state index is 0.123. The number of rotatable bonds is 15. The molecule has 3 aliphatic heterocycles. The quantitative estimate of drug-likeness (QED) is 0.101. The van der Waals surface area contributed by atoms with E-state index < -0.39 is 18.0 Å². The number of halogens is 1. The van der Waals surface area contributed by atoms with Crippen LogP contribution in [-0.2, 0) is 24.4 Å². The summed E-state index contributed by atoms with van der Waals surface area (Å²) in [5.41, 5.74) is 8.28. The number of hydrogen-bond acceptors (Lipinski definition) is 7. The zero-order valence-electron chi connectivity index (χ0n) is 32.6. The largest absolute Gasteiger partial charge is 0.489 e. The molecule has 57 heavy (non-hydrogen) atoms.